The number of carbonyl (C=O) groups excluding carboxylic acids is 1. The van der Waals surface area contributed by atoms with Crippen LogP contribution in [0.2, 0.25) is 5.02 Å². The van der Waals surface area contributed by atoms with Crippen molar-refractivity contribution < 1.29 is 13.2 Å². The first-order valence-corrected chi connectivity index (χ1v) is 10.8. The first-order valence-electron chi connectivity index (χ1n) is 9.02. The van der Waals surface area contributed by atoms with Crippen LogP contribution in [-0.2, 0) is 14.8 Å². The van der Waals surface area contributed by atoms with Gasteiger partial charge in [0.25, 0.3) is 0 Å². The van der Waals surface area contributed by atoms with Gasteiger partial charge in [0.1, 0.15) is 0 Å². The topological polar surface area (TPSA) is 78.8 Å². The van der Waals surface area contributed by atoms with E-state index in [9.17, 15) is 13.2 Å². The Morgan fingerprint density at radius 1 is 1.14 bits per heavy atom. The lowest BCUT2D eigenvalue weighted by molar-refractivity contribution is -0.126. The first kappa shape index (κ1) is 20.5. The Balaban J connectivity index is 1.55. The molecule has 0 saturated carbocycles. The zero-order valence-electron chi connectivity index (χ0n) is 15.5. The van der Waals surface area contributed by atoms with Crippen LogP contribution in [0.15, 0.2) is 58.5 Å². The molecule has 28 heavy (non-hydrogen) atoms. The highest BCUT2D eigenvalue weighted by Gasteiger charge is 2.31. The quantitative estimate of drug-likeness (QED) is 0.597. The number of carbonyl (C=O) groups is 1. The van der Waals surface area contributed by atoms with E-state index >= 15 is 0 Å². The van der Waals surface area contributed by atoms with Gasteiger partial charge in [-0.25, -0.2) is 13.8 Å². The number of benzene rings is 2. The van der Waals surface area contributed by atoms with Crippen LogP contribution in [0.3, 0.4) is 0 Å². The second kappa shape index (κ2) is 8.86. The molecular weight excluding hydrogens is 398 g/mol. The van der Waals surface area contributed by atoms with Crippen molar-refractivity contribution in [2.75, 3.05) is 13.1 Å². The van der Waals surface area contributed by atoms with Gasteiger partial charge in [0, 0.05) is 29.6 Å². The number of amides is 1. The number of piperidine rings is 1. The third-order valence-corrected chi connectivity index (χ3v) is 7.02. The summed E-state index contributed by atoms with van der Waals surface area (Å²) >= 11 is 6.04. The molecule has 6 nitrogen and oxygen atoms in total. The predicted molar refractivity (Wildman–Crippen MR) is 110 cm³/mol. The molecule has 0 aromatic heterocycles. The van der Waals surface area contributed by atoms with Gasteiger partial charge in [0.15, 0.2) is 0 Å². The van der Waals surface area contributed by atoms with E-state index in [1.165, 1.54) is 10.5 Å². The highest BCUT2D eigenvalue weighted by atomic mass is 35.5. The summed E-state index contributed by atoms with van der Waals surface area (Å²) in [5, 5.41) is 4.51. The number of aryl methyl sites for hydroxylation is 1. The Kier molecular flexibility index (Phi) is 6.49. The van der Waals surface area contributed by atoms with E-state index in [1.54, 1.807) is 36.4 Å². The lowest BCUT2D eigenvalue weighted by Crippen LogP contribution is -2.42. The molecule has 2 aromatic rings. The fraction of sp³-hybridized carbons (Fsp3) is 0.300. The van der Waals surface area contributed by atoms with Crippen molar-refractivity contribution in [3.8, 4) is 0 Å². The highest BCUT2D eigenvalue weighted by molar-refractivity contribution is 7.89. The lowest BCUT2D eigenvalue weighted by atomic mass is 9.98. The summed E-state index contributed by atoms with van der Waals surface area (Å²) in [6.07, 6.45) is 2.41. The fourth-order valence-electron chi connectivity index (χ4n) is 3.05. The minimum atomic E-state index is -3.53. The van der Waals surface area contributed by atoms with Crippen LogP contribution in [0.1, 0.15) is 24.0 Å². The zero-order valence-corrected chi connectivity index (χ0v) is 17.1. The van der Waals surface area contributed by atoms with E-state index in [0.29, 0.717) is 36.5 Å². The summed E-state index contributed by atoms with van der Waals surface area (Å²) in [5.74, 6) is -0.483. The molecule has 1 saturated heterocycles. The summed E-state index contributed by atoms with van der Waals surface area (Å²) in [4.78, 5) is 12.6. The van der Waals surface area contributed by atoms with Crippen LogP contribution >= 0.6 is 11.6 Å². The summed E-state index contributed by atoms with van der Waals surface area (Å²) in [7, 11) is -3.53. The van der Waals surface area contributed by atoms with E-state index in [-0.39, 0.29) is 16.7 Å². The average molecular weight is 420 g/mol. The summed E-state index contributed by atoms with van der Waals surface area (Å²) in [5.41, 5.74) is 4.24. The minimum absolute atomic E-state index is 0.212. The summed E-state index contributed by atoms with van der Waals surface area (Å²) in [6, 6.07) is 14.0. The van der Waals surface area contributed by atoms with Gasteiger partial charge in [-0.1, -0.05) is 47.5 Å². The van der Waals surface area contributed by atoms with Crippen molar-refractivity contribution in [2.24, 2.45) is 11.0 Å². The fourth-order valence-corrected chi connectivity index (χ4v) is 4.71. The van der Waals surface area contributed by atoms with Crippen LogP contribution in [0, 0.1) is 12.8 Å². The number of rotatable bonds is 5. The molecule has 0 radical (unpaired) electrons. The Morgan fingerprint density at radius 2 is 1.79 bits per heavy atom. The van der Waals surface area contributed by atoms with Crippen molar-refractivity contribution in [3.05, 3.63) is 64.7 Å². The second-order valence-electron chi connectivity index (χ2n) is 6.75. The Bertz CT molecular complexity index is 966. The van der Waals surface area contributed by atoms with Gasteiger partial charge in [-0.15, -0.1) is 0 Å². The Morgan fingerprint density at radius 3 is 2.43 bits per heavy atom. The van der Waals surface area contributed by atoms with Crippen molar-refractivity contribution in [3.63, 3.8) is 0 Å². The SMILES string of the molecule is Cc1ccc(S(=O)(=O)N2CCC(C(=O)NN=Cc3ccccc3Cl)CC2)cc1. The molecule has 1 amide bonds. The number of hydrogen-bond acceptors (Lipinski definition) is 4. The van der Waals surface area contributed by atoms with Crippen LogP contribution in [-0.4, -0.2) is 37.9 Å². The maximum absolute atomic E-state index is 12.7. The van der Waals surface area contributed by atoms with Crippen LogP contribution < -0.4 is 5.43 Å². The third-order valence-electron chi connectivity index (χ3n) is 4.77. The molecule has 0 aliphatic carbocycles. The first-order chi connectivity index (χ1) is 13.4. The van der Waals surface area contributed by atoms with Crippen molar-refractivity contribution in [1.29, 1.82) is 0 Å². The highest BCUT2D eigenvalue weighted by Crippen LogP contribution is 2.24. The van der Waals surface area contributed by atoms with Gasteiger partial charge in [-0.2, -0.15) is 9.41 Å². The lowest BCUT2D eigenvalue weighted by Gasteiger charge is -2.30. The van der Waals surface area contributed by atoms with Crippen molar-refractivity contribution >= 4 is 33.7 Å². The van der Waals surface area contributed by atoms with E-state index in [0.717, 1.165) is 5.56 Å². The standard InChI is InChI=1S/C20H22ClN3O3S/c1-15-6-8-18(9-7-15)28(26,27)24-12-10-16(11-13-24)20(25)23-22-14-17-4-2-3-5-19(17)21/h2-9,14,16H,10-13H2,1H3,(H,23,25). The molecule has 1 heterocycles. The van der Waals surface area contributed by atoms with Crippen LogP contribution in [0.4, 0.5) is 0 Å². The van der Waals surface area contributed by atoms with E-state index in [1.807, 2.05) is 19.1 Å². The van der Waals surface area contributed by atoms with Gasteiger partial charge in [-0.3, -0.25) is 4.79 Å². The predicted octanol–water partition coefficient (Wildman–Crippen LogP) is 3.20. The number of hydrazone groups is 1. The van der Waals surface area contributed by atoms with Crippen LogP contribution in [0.5, 0.6) is 0 Å². The molecule has 1 aliphatic heterocycles. The van der Waals surface area contributed by atoms with E-state index in [4.69, 9.17) is 11.6 Å². The van der Waals surface area contributed by atoms with E-state index in [2.05, 4.69) is 10.5 Å². The van der Waals surface area contributed by atoms with Crippen molar-refractivity contribution in [1.82, 2.24) is 9.73 Å². The Labute approximate surface area is 170 Å². The maximum Gasteiger partial charge on any atom is 0.243 e. The molecule has 0 atom stereocenters. The Hall–Kier alpha value is -2.22. The van der Waals surface area contributed by atoms with Gasteiger partial charge < -0.3 is 0 Å². The average Bonchev–Trinajstić information content (AvgIpc) is 2.70. The van der Waals surface area contributed by atoms with Gasteiger partial charge in [0.05, 0.1) is 11.1 Å². The minimum Gasteiger partial charge on any atom is -0.273 e. The van der Waals surface area contributed by atoms with Crippen molar-refractivity contribution in [2.45, 2.75) is 24.7 Å². The molecule has 0 bridgehead atoms. The number of hydrogen-bond donors (Lipinski definition) is 1. The monoisotopic (exact) mass is 419 g/mol. The molecule has 0 spiro atoms. The van der Waals surface area contributed by atoms with E-state index < -0.39 is 10.0 Å². The number of nitrogens with zero attached hydrogens (tertiary/aromatic N) is 2. The molecule has 148 valence electrons. The summed E-state index contributed by atoms with van der Waals surface area (Å²) < 4.78 is 26.9. The molecular formula is C20H22ClN3O3S. The normalized spacial score (nSPS) is 16.4. The smallest absolute Gasteiger partial charge is 0.243 e. The van der Waals surface area contributed by atoms with Gasteiger partial charge in [0.2, 0.25) is 15.9 Å². The molecule has 0 unspecified atom stereocenters. The second-order valence-corrected chi connectivity index (χ2v) is 9.09. The molecule has 1 aliphatic rings. The maximum atomic E-state index is 12.7. The zero-order chi connectivity index (χ0) is 20.1. The molecule has 3 rings (SSSR count). The summed E-state index contributed by atoms with van der Waals surface area (Å²) in [6.45, 7) is 2.53. The van der Waals surface area contributed by atoms with Crippen LogP contribution in [0.25, 0.3) is 0 Å². The van der Waals surface area contributed by atoms with Gasteiger partial charge in [-0.05, 0) is 38.0 Å². The molecule has 8 heteroatoms. The molecule has 1 N–H and O–H groups in total. The van der Waals surface area contributed by atoms with Gasteiger partial charge >= 0.3 is 0 Å². The molecule has 1 fully saturated rings. The number of nitrogens with one attached hydrogen (secondary N) is 1. The molecule has 2 aromatic carbocycles. The third kappa shape index (κ3) is 4.79. The number of sulfonamides is 1. The number of halogens is 1. The largest absolute Gasteiger partial charge is 0.273 e.